The molecule has 1 saturated heterocycles. The van der Waals surface area contributed by atoms with Crippen molar-refractivity contribution in [3.8, 4) is 0 Å². The van der Waals surface area contributed by atoms with Crippen LogP contribution in [0.4, 0.5) is 5.69 Å². The molecule has 0 radical (unpaired) electrons. The highest BCUT2D eigenvalue weighted by Crippen LogP contribution is 2.40. The summed E-state index contributed by atoms with van der Waals surface area (Å²) in [6.07, 6.45) is 13.1. The van der Waals surface area contributed by atoms with E-state index in [0.29, 0.717) is 24.1 Å². The molecular formula is C29H35N5OS. The van der Waals surface area contributed by atoms with Crippen molar-refractivity contribution in [1.82, 2.24) is 19.8 Å². The lowest BCUT2D eigenvalue weighted by molar-refractivity contribution is -0.116. The molecule has 0 unspecified atom stereocenters. The number of benzene rings is 1. The van der Waals surface area contributed by atoms with Crippen molar-refractivity contribution in [2.24, 2.45) is 0 Å². The fourth-order valence-corrected chi connectivity index (χ4v) is 5.86. The fraction of sp³-hybridized carbons (Fsp3) is 0.414. The number of pyridine rings is 1. The van der Waals surface area contributed by atoms with Gasteiger partial charge in [-0.25, -0.2) is 0 Å². The van der Waals surface area contributed by atoms with E-state index < -0.39 is 0 Å². The average Bonchev–Trinajstić information content (AvgIpc) is 3.50. The van der Waals surface area contributed by atoms with Crippen molar-refractivity contribution < 1.29 is 4.79 Å². The molecule has 3 heterocycles. The van der Waals surface area contributed by atoms with Crippen LogP contribution in [0.2, 0.25) is 0 Å². The largest absolute Gasteiger partial charge is 0.352 e. The number of carbonyl (C=O) groups excluding carboxylic acids is 1. The number of amides is 1. The third kappa shape index (κ3) is 5.31. The second kappa shape index (κ2) is 10.8. The molecule has 1 aromatic carbocycles. The highest BCUT2D eigenvalue weighted by atomic mass is 32.1. The van der Waals surface area contributed by atoms with Crippen LogP contribution in [0, 0.1) is 13.8 Å². The highest BCUT2D eigenvalue weighted by Gasteiger charge is 2.40. The molecule has 36 heavy (non-hydrogen) atoms. The van der Waals surface area contributed by atoms with Gasteiger partial charge in [0.15, 0.2) is 5.11 Å². The third-order valence-electron chi connectivity index (χ3n) is 7.52. The molecule has 1 amide bonds. The predicted octanol–water partition coefficient (Wildman–Crippen LogP) is 6.01. The van der Waals surface area contributed by atoms with Crippen LogP contribution in [0.1, 0.15) is 79.0 Å². The van der Waals surface area contributed by atoms with Gasteiger partial charge < -0.3 is 20.1 Å². The quantitative estimate of drug-likeness (QED) is 0.389. The average molecular weight is 502 g/mol. The Balaban J connectivity index is 1.36. The molecule has 1 saturated carbocycles. The Kier molecular flexibility index (Phi) is 7.37. The second-order valence-electron chi connectivity index (χ2n) is 10.1. The number of nitrogens with zero attached hydrogens (tertiary/aromatic N) is 3. The Morgan fingerprint density at radius 2 is 1.97 bits per heavy atom. The topological polar surface area (TPSA) is 62.2 Å². The minimum Gasteiger partial charge on any atom is -0.352 e. The number of anilines is 1. The van der Waals surface area contributed by atoms with E-state index in [1.807, 2.05) is 50.4 Å². The number of aryl methyl sites for hydroxylation is 2. The second-order valence-corrected chi connectivity index (χ2v) is 10.5. The van der Waals surface area contributed by atoms with E-state index >= 15 is 0 Å². The lowest BCUT2D eigenvalue weighted by Crippen LogP contribution is -2.32. The smallest absolute Gasteiger partial charge is 0.226 e. The normalized spacial score (nSPS) is 20.4. The minimum absolute atomic E-state index is 0.00804. The van der Waals surface area contributed by atoms with Gasteiger partial charge in [-0.2, -0.15) is 0 Å². The molecule has 2 atom stereocenters. The van der Waals surface area contributed by atoms with Gasteiger partial charge in [-0.05, 0) is 79.9 Å². The van der Waals surface area contributed by atoms with Gasteiger partial charge in [-0.1, -0.05) is 37.5 Å². The van der Waals surface area contributed by atoms with Gasteiger partial charge >= 0.3 is 0 Å². The molecule has 0 bridgehead atoms. The Hall–Kier alpha value is -3.19. The summed E-state index contributed by atoms with van der Waals surface area (Å²) >= 11 is 5.79. The summed E-state index contributed by atoms with van der Waals surface area (Å²) in [5.74, 6) is -0.00804. The summed E-state index contributed by atoms with van der Waals surface area (Å²) in [4.78, 5) is 19.7. The predicted molar refractivity (Wildman–Crippen MR) is 148 cm³/mol. The molecule has 0 spiro atoms. The summed E-state index contributed by atoms with van der Waals surface area (Å²) in [7, 11) is 0. The minimum atomic E-state index is -0.0667. The zero-order valence-corrected chi connectivity index (χ0v) is 21.9. The van der Waals surface area contributed by atoms with Crippen LogP contribution in [0.3, 0.4) is 0 Å². The van der Waals surface area contributed by atoms with E-state index in [2.05, 4.69) is 49.6 Å². The molecular weight excluding hydrogens is 466 g/mol. The van der Waals surface area contributed by atoms with Gasteiger partial charge in [0, 0.05) is 43.3 Å². The molecule has 1 aliphatic carbocycles. The Bertz CT molecular complexity index is 1220. The molecule has 6 nitrogen and oxygen atoms in total. The number of hydrogen-bond acceptors (Lipinski definition) is 3. The van der Waals surface area contributed by atoms with Crippen LogP contribution in [0.25, 0.3) is 0 Å². The van der Waals surface area contributed by atoms with Gasteiger partial charge in [0.1, 0.15) is 0 Å². The highest BCUT2D eigenvalue weighted by molar-refractivity contribution is 7.80. The van der Waals surface area contributed by atoms with Gasteiger partial charge in [-0.15, -0.1) is 0 Å². The maximum atomic E-state index is 12.9. The van der Waals surface area contributed by atoms with Crippen molar-refractivity contribution in [1.29, 1.82) is 0 Å². The molecule has 1 aliphatic heterocycles. The first-order valence-electron chi connectivity index (χ1n) is 13.0. The standard InChI is InChI=1S/C29H35N5OS/c1-20-11-12-21(2)25(18-20)31-26(35)14-17-34-28(27(32-29(34)36)24-10-6-7-15-30-24)22-13-16-33(19-22)23-8-4-3-5-9-23/h6-7,10-13,15-16,18-19,23,27-28H,3-5,8-9,14,17H2,1-2H3,(H,31,35)(H,32,36)/t27-,28+/m0/s1. The number of carbonyl (C=O) groups is 1. The Morgan fingerprint density at radius 3 is 2.75 bits per heavy atom. The summed E-state index contributed by atoms with van der Waals surface area (Å²) in [6, 6.07) is 14.8. The number of nitrogens with one attached hydrogen (secondary N) is 2. The molecule has 5 rings (SSSR count). The lowest BCUT2D eigenvalue weighted by Gasteiger charge is -2.27. The van der Waals surface area contributed by atoms with Crippen molar-refractivity contribution in [3.05, 3.63) is 83.4 Å². The number of hydrogen-bond donors (Lipinski definition) is 2. The van der Waals surface area contributed by atoms with E-state index in [4.69, 9.17) is 12.2 Å². The van der Waals surface area contributed by atoms with E-state index in [0.717, 1.165) is 22.5 Å². The van der Waals surface area contributed by atoms with Crippen LogP contribution < -0.4 is 10.6 Å². The fourth-order valence-electron chi connectivity index (χ4n) is 5.53. The van der Waals surface area contributed by atoms with E-state index in [9.17, 15) is 4.79 Å². The first-order chi connectivity index (χ1) is 17.5. The maximum absolute atomic E-state index is 12.9. The van der Waals surface area contributed by atoms with E-state index in [1.54, 1.807) is 0 Å². The molecule has 7 heteroatoms. The van der Waals surface area contributed by atoms with Crippen molar-refractivity contribution in [2.75, 3.05) is 11.9 Å². The van der Waals surface area contributed by atoms with Crippen LogP contribution in [-0.2, 0) is 4.79 Å². The van der Waals surface area contributed by atoms with Gasteiger partial charge in [0.05, 0.1) is 17.8 Å². The number of aromatic nitrogens is 2. The van der Waals surface area contributed by atoms with Crippen LogP contribution in [0.15, 0.2) is 61.1 Å². The summed E-state index contributed by atoms with van der Waals surface area (Å²) < 4.78 is 2.39. The van der Waals surface area contributed by atoms with Crippen LogP contribution >= 0.6 is 12.2 Å². The number of thiocarbonyl (C=S) groups is 1. The van der Waals surface area contributed by atoms with Gasteiger partial charge in [0.25, 0.3) is 0 Å². The molecule has 2 N–H and O–H groups in total. The van der Waals surface area contributed by atoms with Crippen molar-refractivity contribution in [2.45, 2.75) is 70.5 Å². The Labute approximate surface area is 219 Å². The monoisotopic (exact) mass is 501 g/mol. The SMILES string of the molecule is Cc1ccc(C)c(NC(=O)CCN2C(=S)N[C@@H](c3ccccn3)[C@H]2c2ccn(C3CCCCC3)c2)c1. The van der Waals surface area contributed by atoms with Crippen molar-refractivity contribution in [3.63, 3.8) is 0 Å². The number of rotatable bonds is 7. The van der Waals surface area contributed by atoms with Crippen molar-refractivity contribution >= 4 is 28.9 Å². The zero-order chi connectivity index (χ0) is 25.1. The lowest BCUT2D eigenvalue weighted by atomic mass is 9.95. The molecule has 2 aromatic heterocycles. The maximum Gasteiger partial charge on any atom is 0.226 e. The molecule has 188 valence electrons. The Morgan fingerprint density at radius 1 is 1.14 bits per heavy atom. The zero-order valence-electron chi connectivity index (χ0n) is 21.1. The molecule has 2 fully saturated rings. The summed E-state index contributed by atoms with van der Waals surface area (Å²) in [5, 5.41) is 7.26. The first-order valence-corrected chi connectivity index (χ1v) is 13.4. The molecule has 3 aromatic rings. The van der Waals surface area contributed by atoms with Gasteiger partial charge in [0.2, 0.25) is 5.91 Å². The van der Waals surface area contributed by atoms with E-state index in [-0.39, 0.29) is 18.0 Å². The summed E-state index contributed by atoms with van der Waals surface area (Å²) in [5.41, 5.74) is 5.22. The third-order valence-corrected chi connectivity index (χ3v) is 7.87. The molecule has 2 aliphatic rings. The van der Waals surface area contributed by atoms with Gasteiger partial charge in [-0.3, -0.25) is 9.78 Å². The van der Waals surface area contributed by atoms with Crippen LogP contribution in [-0.4, -0.2) is 32.0 Å². The van der Waals surface area contributed by atoms with Crippen LogP contribution in [0.5, 0.6) is 0 Å². The first kappa shape index (κ1) is 24.5. The van der Waals surface area contributed by atoms with E-state index in [1.165, 1.54) is 37.7 Å². The summed E-state index contributed by atoms with van der Waals surface area (Å²) in [6.45, 7) is 4.58.